The van der Waals surface area contributed by atoms with Gasteiger partial charge in [0, 0.05) is 49.6 Å². The van der Waals surface area contributed by atoms with E-state index in [0.29, 0.717) is 41.4 Å². The molecule has 0 spiro atoms. The summed E-state index contributed by atoms with van der Waals surface area (Å²) in [6.07, 6.45) is 1.86. The molecule has 0 fully saturated rings. The number of urea groups is 1. The lowest BCUT2D eigenvalue weighted by molar-refractivity contribution is -0.0115. The molecule has 0 radical (unpaired) electrons. The molecule has 10 nitrogen and oxygen atoms in total. The first-order chi connectivity index (χ1) is 22.2. The van der Waals surface area contributed by atoms with Gasteiger partial charge >= 0.3 is 6.03 Å². The maximum absolute atomic E-state index is 14.3. The van der Waals surface area contributed by atoms with Crippen LogP contribution in [0, 0.1) is 5.92 Å². The van der Waals surface area contributed by atoms with E-state index in [0.717, 1.165) is 19.3 Å². The monoisotopic (exact) mass is 630 g/mol. The van der Waals surface area contributed by atoms with Gasteiger partial charge in [0.1, 0.15) is 5.75 Å². The number of ether oxygens (including phenoxy) is 2. The molecule has 3 aromatic rings. The van der Waals surface area contributed by atoms with E-state index in [1.807, 2.05) is 50.2 Å². The van der Waals surface area contributed by atoms with Gasteiger partial charge < -0.3 is 35.0 Å². The summed E-state index contributed by atoms with van der Waals surface area (Å²) in [6.45, 7) is 6.55. The molecule has 246 valence electrons. The Morgan fingerprint density at radius 2 is 1.67 bits per heavy atom. The van der Waals surface area contributed by atoms with Crippen molar-refractivity contribution in [2.75, 3.05) is 44.0 Å². The van der Waals surface area contributed by atoms with Crippen LogP contribution in [-0.2, 0) is 4.74 Å². The second-order valence-electron chi connectivity index (χ2n) is 12.0. The molecule has 4 atom stereocenters. The zero-order valence-corrected chi connectivity index (χ0v) is 27.1. The Kier molecular flexibility index (Phi) is 12.6. The average Bonchev–Trinajstić information content (AvgIpc) is 3.06. The van der Waals surface area contributed by atoms with Crippen LogP contribution in [0.3, 0.4) is 0 Å². The fourth-order valence-corrected chi connectivity index (χ4v) is 5.35. The molecule has 0 unspecified atom stereocenters. The normalized spacial score (nSPS) is 20.0. The van der Waals surface area contributed by atoms with Gasteiger partial charge in [0.25, 0.3) is 11.8 Å². The Bertz CT molecular complexity index is 1440. The second kappa shape index (κ2) is 16.8. The minimum absolute atomic E-state index is 0.175. The van der Waals surface area contributed by atoms with Crippen LogP contribution in [0.25, 0.3) is 0 Å². The number of carbonyl (C=O) groups excluding carboxylic acids is 3. The van der Waals surface area contributed by atoms with Crippen molar-refractivity contribution in [1.82, 2.24) is 9.80 Å². The van der Waals surface area contributed by atoms with Gasteiger partial charge in [-0.3, -0.25) is 9.59 Å². The first-order valence-electron chi connectivity index (χ1n) is 15.9. The highest BCUT2D eigenvalue weighted by Crippen LogP contribution is 2.29. The number of nitrogens with one attached hydrogen (secondary N) is 2. The third-order valence-electron chi connectivity index (χ3n) is 8.17. The van der Waals surface area contributed by atoms with Crippen LogP contribution < -0.4 is 15.4 Å². The molecule has 3 aromatic carbocycles. The number of hydrogen-bond donors (Lipinski definition) is 3. The van der Waals surface area contributed by atoms with Gasteiger partial charge in [0.05, 0.1) is 30.4 Å². The van der Waals surface area contributed by atoms with Gasteiger partial charge in [-0.05, 0) is 75.6 Å². The summed E-state index contributed by atoms with van der Waals surface area (Å²) in [5.74, 6) is -0.410. The largest absolute Gasteiger partial charge is 0.490 e. The molecular formula is C36H46N4O6. The first-order valence-corrected chi connectivity index (χ1v) is 15.9. The highest BCUT2D eigenvalue weighted by atomic mass is 16.5. The summed E-state index contributed by atoms with van der Waals surface area (Å²) >= 11 is 0. The van der Waals surface area contributed by atoms with Crippen molar-refractivity contribution in [3.63, 3.8) is 0 Å². The van der Waals surface area contributed by atoms with Gasteiger partial charge in [-0.15, -0.1) is 0 Å². The Morgan fingerprint density at radius 1 is 0.978 bits per heavy atom. The molecule has 10 heteroatoms. The molecule has 1 aliphatic rings. The molecule has 3 N–H and O–H groups in total. The number of amides is 4. The number of aliphatic hydroxyl groups is 1. The number of carbonyl (C=O) groups is 3. The van der Waals surface area contributed by atoms with E-state index < -0.39 is 6.04 Å². The van der Waals surface area contributed by atoms with Crippen molar-refractivity contribution in [3.05, 3.63) is 90.0 Å². The molecule has 1 heterocycles. The fraction of sp³-hybridized carbons (Fsp3) is 0.417. The number of likely N-dealkylation sites (N-methyl/N-ethyl adjacent to an activating group) is 1. The number of hydrogen-bond acceptors (Lipinski definition) is 6. The number of para-hydroxylation sites is 1. The average molecular weight is 631 g/mol. The molecule has 0 aromatic heterocycles. The lowest BCUT2D eigenvalue weighted by Gasteiger charge is -2.35. The van der Waals surface area contributed by atoms with E-state index in [-0.39, 0.29) is 49.1 Å². The summed E-state index contributed by atoms with van der Waals surface area (Å²) in [4.78, 5) is 43.4. The molecule has 4 amide bonds. The van der Waals surface area contributed by atoms with E-state index in [1.54, 1.807) is 66.2 Å². The number of anilines is 2. The molecular weight excluding hydrogens is 584 g/mol. The zero-order valence-electron chi connectivity index (χ0n) is 27.1. The minimum atomic E-state index is -0.518. The molecule has 0 aliphatic carbocycles. The predicted molar refractivity (Wildman–Crippen MR) is 179 cm³/mol. The maximum Gasteiger partial charge on any atom is 0.321 e. The van der Waals surface area contributed by atoms with Gasteiger partial charge in [0.15, 0.2) is 0 Å². The summed E-state index contributed by atoms with van der Waals surface area (Å²) in [6, 6.07) is 22.4. The van der Waals surface area contributed by atoms with Crippen LogP contribution in [0.1, 0.15) is 60.7 Å². The zero-order chi connectivity index (χ0) is 33.1. The Morgan fingerprint density at radius 3 is 2.37 bits per heavy atom. The number of fused-ring (bicyclic) bond motifs is 1. The van der Waals surface area contributed by atoms with Crippen LogP contribution in [0.4, 0.5) is 16.2 Å². The highest BCUT2D eigenvalue weighted by Gasteiger charge is 2.31. The van der Waals surface area contributed by atoms with Gasteiger partial charge in [-0.25, -0.2) is 4.79 Å². The molecule has 46 heavy (non-hydrogen) atoms. The molecule has 1 aliphatic heterocycles. The lowest BCUT2D eigenvalue weighted by atomic mass is 10.0. The van der Waals surface area contributed by atoms with E-state index in [9.17, 15) is 19.5 Å². The van der Waals surface area contributed by atoms with Crippen LogP contribution in [0.2, 0.25) is 0 Å². The second-order valence-corrected chi connectivity index (χ2v) is 12.0. The molecule has 0 saturated carbocycles. The SMILES string of the molecule is C[C@@H]1CCCCO[C@@H](CN(C)C(=O)Nc2ccccc2)[C@H](C)CN([C@@H](C)CO)C(=O)c2cc(NC(=O)c3ccccc3)ccc2O1. The van der Waals surface area contributed by atoms with Gasteiger partial charge in [0.2, 0.25) is 0 Å². The molecule has 4 rings (SSSR count). The number of nitrogens with zero attached hydrogens (tertiary/aromatic N) is 2. The summed E-state index contributed by atoms with van der Waals surface area (Å²) in [5, 5.41) is 16.0. The number of benzene rings is 3. The highest BCUT2D eigenvalue weighted by molar-refractivity contribution is 6.05. The van der Waals surface area contributed by atoms with Crippen LogP contribution in [0.5, 0.6) is 5.75 Å². The quantitative estimate of drug-likeness (QED) is 0.299. The lowest BCUT2D eigenvalue weighted by Crippen LogP contribution is -2.48. The first kappa shape index (κ1) is 34.5. The van der Waals surface area contributed by atoms with Crippen molar-refractivity contribution >= 4 is 29.2 Å². The van der Waals surface area contributed by atoms with Crippen LogP contribution in [0.15, 0.2) is 78.9 Å². The van der Waals surface area contributed by atoms with Crippen molar-refractivity contribution in [3.8, 4) is 5.75 Å². The smallest absolute Gasteiger partial charge is 0.321 e. The van der Waals surface area contributed by atoms with Crippen LogP contribution >= 0.6 is 0 Å². The Labute approximate surface area is 271 Å². The number of aliphatic hydroxyl groups excluding tert-OH is 1. The summed E-state index contributed by atoms with van der Waals surface area (Å²) < 4.78 is 12.6. The van der Waals surface area contributed by atoms with Crippen molar-refractivity contribution in [2.24, 2.45) is 5.92 Å². The maximum atomic E-state index is 14.3. The van der Waals surface area contributed by atoms with Crippen molar-refractivity contribution in [2.45, 2.75) is 58.3 Å². The van der Waals surface area contributed by atoms with E-state index in [2.05, 4.69) is 10.6 Å². The fourth-order valence-electron chi connectivity index (χ4n) is 5.35. The Hall–Kier alpha value is -4.41. The minimum Gasteiger partial charge on any atom is -0.490 e. The standard InChI is InChI=1S/C36H46N4O6/c1-25-22-40(26(2)24-41)35(43)31-21-30(37-34(42)28-14-7-5-8-15-28)18-19-32(31)46-27(3)13-11-12-20-45-33(25)23-39(4)36(44)38-29-16-9-6-10-17-29/h5-10,14-19,21,25-27,33,41H,11-13,20,22-24H2,1-4H3,(H,37,42)(H,38,44)/t25-,26+,27-,33+/m1/s1. The Balaban J connectivity index is 1.60. The van der Waals surface area contributed by atoms with Gasteiger partial charge in [-0.1, -0.05) is 43.3 Å². The van der Waals surface area contributed by atoms with E-state index in [4.69, 9.17) is 9.47 Å². The van der Waals surface area contributed by atoms with Crippen molar-refractivity contribution < 1.29 is 29.0 Å². The van der Waals surface area contributed by atoms with E-state index >= 15 is 0 Å². The topological polar surface area (TPSA) is 120 Å². The van der Waals surface area contributed by atoms with Gasteiger partial charge in [-0.2, -0.15) is 0 Å². The number of rotatable bonds is 7. The van der Waals surface area contributed by atoms with E-state index in [1.165, 1.54) is 0 Å². The molecule has 0 saturated heterocycles. The van der Waals surface area contributed by atoms with Crippen molar-refractivity contribution in [1.29, 1.82) is 0 Å². The summed E-state index contributed by atoms with van der Waals surface area (Å²) in [5.41, 5.74) is 1.94. The summed E-state index contributed by atoms with van der Waals surface area (Å²) in [7, 11) is 1.72. The van der Waals surface area contributed by atoms with Crippen LogP contribution in [-0.4, -0.2) is 84.4 Å². The third-order valence-corrected chi connectivity index (χ3v) is 8.17. The predicted octanol–water partition coefficient (Wildman–Crippen LogP) is 5.90. The molecule has 0 bridgehead atoms. The third kappa shape index (κ3) is 9.55.